The quantitative estimate of drug-likeness (QED) is 0.516. The molecule has 1 heterocycles. The molecule has 1 saturated carbocycles. The van der Waals surface area contributed by atoms with Gasteiger partial charge in [0.15, 0.2) is 0 Å². The van der Waals surface area contributed by atoms with Crippen LogP contribution in [0.25, 0.3) is 11.5 Å². The minimum Gasteiger partial charge on any atom is -0.419 e. The van der Waals surface area contributed by atoms with Gasteiger partial charge in [-0.05, 0) is 61.4 Å². The Morgan fingerprint density at radius 1 is 1.14 bits per heavy atom. The predicted molar refractivity (Wildman–Crippen MR) is 105 cm³/mol. The van der Waals surface area contributed by atoms with E-state index < -0.39 is 0 Å². The number of carbonyl (C=O) groups is 1. The summed E-state index contributed by atoms with van der Waals surface area (Å²) in [4.78, 5) is 15.4. The molecule has 144 valence electrons. The minimum atomic E-state index is -0.289. The second-order valence-electron chi connectivity index (χ2n) is 6.50. The summed E-state index contributed by atoms with van der Waals surface area (Å²) in [5.74, 6) is 0.791. The van der Waals surface area contributed by atoms with Gasteiger partial charge in [-0.3, -0.25) is 4.79 Å². The topological polar surface area (TPSA) is 59.2 Å². The van der Waals surface area contributed by atoms with Crippen LogP contribution >= 0.6 is 23.4 Å². The van der Waals surface area contributed by atoms with E-state index in [0.717, 1.165) is 23.3 Å². The fraction of sp³-hybridized carbons (Fsp3) is 0.250. The minimum absolute atomic E-state index is 0.00284. The standard InChI is InChI=1S/C20H17ClFN3O2S/c21-14-3-1-13(2-4-14)20-24-23-18(27-20)11-25(16-7-8-16)19(26)12-28-17-9-5-15(22)6-10-17/h1-6,9-10,16H,7-8,11-12H2. The van der Waals surface area contributed by atoms with Crippen molar-refractivity contribution in [1.82, 2.24) is 15.1 Å². The third kappa shape index (κ3) is 4.72. The van der Waals surface area contributed by atoms with Gasteiger partial charge in [-0.15, -0.1) is 22.0 Å². The Kier molecular flexibility index (Phi) is 5.64. The lowest BCUT2D eigenvalue weighted by Gasteiger charge is -2.20. The molecular formula is C20H17ClFN3O2S. The molecule has 0 unspecified atom stereocenters. The first-order valence-corrected chi connectivity index (χ1v) is 10.2. The molecule has 1 fully saturated rings. The Morgan fingerprint density at radius 2 is 1.86 bits per heavy atom. The van der Waals surface area contributed by atoms with Gasteiger partial charge in [-0.25, -0.2) is 4.39 Å². The SMILES string of the molecule is O=C(CSc1ccc(F)cc1)N(Cc1nnc(-c2ccc(Cl)cc2)o1)C1CC1. The van der Waals surface area contributed by atoms with Crippen molar-refractivity contribution in [3.05, 3.63) is 65.3 Å². The second-order valence-corrected chi connectivity index (χ2v) is 7.99. The predicted octanol–water partition coefficient (Wildman–Crippen LogP) is 4.81. The molecule has 1 amide bonds. The molecule has 2 aromatic carbocycles. The van der Waals surface area contributed by atoms with E-state index in [0.29, 0.717) is 16.8 Å². The fourth-order valence-electron chi connectivity index (χ4n) is 2.74. The zero-order valence-electron chi connectivity index (χ0n) is 14.8. The van der Waals surface area contributed by atoms with Crippen LogP contribution in [0.3, 0.4) is 0 Å². The average Bonchev–Trinajstić information content (AvgIpc) is 3.44. The molecule has 0 saturated heterocycles. The fourth-order valence-corrected chi connectivity index (χ4v) is 3.65. The van der Waals surface area contributed by atoms with Crippen LogP contribution in [0.15, 0.2) is 57.8 Å². The van der Waals surface area contributed by atoms with E-state index in [9.17, 15) is 9.18 Å². The van der Waals surface area contributed by atoms with Gasteiger partial charge >= 0.3 is 0 Å². The zero-order chi connectivity index (χ0) is 19.5. The summed E-state index contributed by atoms with van der Waals surface area (Å²) in [5, 5.41) is 8.79. The molecule has 3 aromatic rings. The molecule has 0 radical (unpaired) electrons. The maximum Gasteiger partial charge on any atom is 0.247 e. The first kappa shape index (κ1) is 19.0. The monoisotopic (exact) mass is 417 g/mol. The van der Waals surface area contributed by atoms with E-state index in [1.165, 1.54) is 23.9 Å². The highest BCUT2D eigenvalue weighted by atomic mass is 35.5. The van der Waals surface area contributed by atoms with Crippen LogP contribution < -0.4 is 0 Å². The molecule has 1 aromatic heterocycles. The maximum atomic E-state index is 13.0. The third-order valence-corrected chi connectivity index (χ3v) is 5.60. The summed E-state index contributed by atoms with van der Waals surface area (Å²) in [6.07, 6.45) is 1.95. The van der Waals surface area contributed by atoms with Crippen LogP contribution in [-0.2, 0) is 11.3 Å². The normalized spacial score (nSPS) is 13.5. The van der Waals surface area contributed by atoms with Crippen molar-refractivity contribution in [2.75, 3.05) is 5.75 Å². The van der Waals surface area contributed by atoms with Crippen molar-refractivity contribution in [3.8, 4) is 11.5 Å². The highest BCUT2D eigenvalue weighted by Gasteiger charge is 2.33. The number of nitrogens with zero attached hydrogens (tertiary/aromatic N) is 3. The van der Waals surface area contributed by atoms with E-state index in [1.54, 1.807) is 29.2 Å². The number of carbonyl (C=O) groups excluding carboxylic acids is 1. The Morgan fingerprint density at radius 3 is 2.54 bits per heavy atom. The van der Waals surface area contributed by atoms with Crippen molar-refractivity contribution in [3.63, 3.8) is 0 Å². The number of amides is 1. The number of hydrogen-bond acceptors (Lipinski definition) is 5. The molecule has 0 N–H and O–H groups in total. The molecular weight excluding hydrogens is 401 g/mol. The van der Waals surface area contributed by atoms with Crippen LogP contribution in [-0.4, -0.2) is 32.8 Å². The van der Waals surface area contributed by atoms with Crippen LogP contribution in [0, 0.1) is 5.82 Å². The van der Waals surface area contributed by atoms with E-state index >= 15 is 0 Å². The zero-order valence-corrected chi connectivity index (χ0v) is 16.4. The van der Waals surface area contributed by atoms with E-state index in [-0.39, 0.29) is 30.1 Å². The lowest BCUT2D eigenvalue weighted by atomic mass is 10.2. The summed E-state index contributed by atoms with van der Waals surface area (Å²) in [6.45, 7) is 0.286. The van der Waals surface area contributed by atoms with Crippen molar-refractivity contribution in [1.29, 1.82) is 0 Å². The van der Waals surface area contributed by atoms with Gasteiger partial charge in [-0.1, -0.05) is 11.6 Å². The first-order valence-electron chi connectivity index (χ1n) is 8.84. The Bertz CT molecular complexity index is 958. The summed E-state index contributed by atoms with van der Waals surface area (Å²) in [5.41, 5.74) is 0.777. The van der Waals surface area contributed by atoms with Gasteiger partial charge < -0.3 is 9.32 Å². The van der Waals surface area contributed by atoms with Gasteiger partial charge in [0.2, 0.25) is 17.7 Å². The summed E-state index contributed by atoms with van der Waals surface area (Å²) >= 11 is 7.29. The number of aromatic nitrogens is 2. The van der Waals surface area contributed by atoms with E-state index in [2.05, 4.69) is 10.2 Å². The van der Waals surface area contributed by atoms with Gasteiger partial charge in [0, 0.05) is 21.5 Å². The Labute approximate surface area is 170 Å². The summed E-state index contributed by atoms with van der Waals surface area (Å²) in [7, 11) is 0. The van der Waals surface area contributed by atoms with Crippen LogP contribution in [0.4, 0.5) is 4.39 Å². The molecule has 1 aliphatic rings. The van der Waals surface area contributed by atoms with Crippen molar-refractivity contribution >= 4 is 29.3 Å². The largest absolute Gasteiger partial charge is 0.419 e. The molecule has 0 bridgehead atoms. The highest BCUT2D eigenvalue weighted by molar-refractivity contribution is 8.00. The third-order valence-electron chi connectivity index (χ3n) is 4.35. The molecule has 8 heteroatoms. The maximum absolute atomic E-state index is 13.0. The number of halogens is 2. The first-order chi connectivity index (χ1) is 13.6. The van der Waals surface area contributed by atoms with Gasteiger partial charge in [0.1, 0.15) is 5.82 Å². The van der Waals surface area contributed by atoms with Crippen molar-refractivity contribution in [2.45, 2.75) is 30.3 Å². The molecule has 0 spiro atoms. The Balaban J connectivity index is 1.40. The van der Waals surface area contributed by atoms with Crippen molar-refractivity contribution < 1.29 is 13.6 Å². The van der Waals surface area contributed by atoms with Gasteiger partial charge in [-0.2, -0.15) is 0 Å². The smallest absolute Gasteiger partial charge is 0.247 e. The van der Waals surface area contributed by atoms with Gasteiger partial charge in [0.05, 0.1) is 12.3 Å². The molecule has 1 aliphatic carbocycles. The molecule has 0 aliphatic heterocycles. The van der Waals surface area contributed by atoms with Crippen LogP contribution in [0.1, 0.15) is 18.7 Å². The van der Waals surface area contributed by atoms with E-state index in [4.69, 9.17) is 16.0 Å². The number of benzene rings is 2. The average molecular weight is 418 g/mol. The molecule has 0 atom stereocenters. The second kappa shape index (κ2) is 8.32. The van der Waals surface area contributed by atoms with Crippen molar-refractivity contribution in [2.24, 2.45) is 0 Å². The lowest BCUT2D eigenvalue weighted by molar-refractivity contribution is -0.129. The number of thioether (sulfide) groups is 1. The van der Waals surface area contributed by atoms with Gasteiger partial charge in [0.25, 0.3) is 0 Å². The molecule has 28 heavy (non-hydrogen) atoms. The summed E-state index contributed by atoms with van der Waals surface area (Å²) < 4.78 is 18.7. The highest BCUT2D eigenvalue weighted by Crippen LogP contribution is 2.30. The lowest BCUT2D eigenvalue weighted by Crippen LogP contribution is -2.34. The molecule has 5 nitrogen and oxygen atoms in total. The number of hydrogen-bond donors (Lipinski definition) is 0. The van der Waals surface area contributed by atoms with Crippen LogP contribution in [0.2, 0.25) is 5.02 Å². The van der Waals surface area contributed by atoms with E-state index in [1.807, 2.05) is 12.1 Å². The number of rotatable bonds is 7. The van der Waals surface area contributed by atoms with Crippen LogP contribution in [0.5, 0.6) is 0 Å². The Hall–Kier alpha value is -2.38. The summed E-state index contributed by atoms with van der Waals surface area (Å²) in [6, 6.07) is 13.5. The molecule has 4 rings (SSSR count).